The Morgan fingerprint density at radius 3 is 2.72 bits per heavy atom. The van der Waals surface area contributed by atoms with Crippen LogP contribution in [0, 0.1) is 10.1 Å². The van der Waals surface area contributed by atoms with Crippen molar-refractivity contribution in [2.24, 2.45) is 0 Å². The number of ether oxygens (including phenoxy) is 1. The maximum absolute atomic E-state index is 11.5. The van der Waals surface area contributed by atoms with E-state index in [1.807, 2.05) is 30.3 Å². The smallest absolute Gasteiger partial charge is 0.277 e. The Labute approximate surface area is 106 Å². The molecule has 0 spiro atoms. The summed E-state index contributed by atoms with van der Waals surface area (Å²) in [5, 5.41) is 11.5. The molecule has 0 N–H and O–H groups in total. The van der Waals surface area contributed by atoms with Crippen LogP contribution in [0.15, 0.2) is 48.2 Å². The van der Waals surface area contributed by atoms with Gasteiger partial charge >= 0.3 is 0 Å². The number of benzene rings is 1. The van der Waals surface area contributed by atoms with Crippen LogP contribution >= 0.6 is 0 Å². The molecule has 1 aliphatic heterocycles. The van der Waals surface area contributed by atoms with E-state index in [4.69, 9.17) is 4.74 Å². The minimum atomic E-state index is -1.29. The zero-order valence-electron chi connectivity index (χ0n) is 10.3. The van der Waals surface area contributed by atoms with Crippen LogP contribution in [0.25, 0.3) is 0 Å². The number of hydrogen-bond acceptors (Lipinski definition) is 3. The Morgan fingerprint density at radius 2 is 2.17 bits per heavy atom. The van der Waals surface area contributed by atoms with Crippen molar-refractivity contribution < 1.29 is 9.66 Å². The molecule has 1 heterocycles. The van der Waals surface area contributed by atoms with Gasteiger partial charge < -0.3 is 4.74 Å². The number of rotatable bonds is 2. The zero-order chi connectivity index (χ0) is 13.2. The van der Waals surface area contributed by atoms with Crippen LogP contribution in [-0.2, 0) is 4.74 Å². The van der Waals surface area contributed by atoms with Gasteiger partial charge in [-0.25, -0.2) is 0 Å². The lowest BCUT2D eigenvalue weighted by atomic mass is 9.80. The molecule has 2 atom stereocenters. The van der Waals surface area contributed by atoms with Crippen molar-refractivity contribution in [2.45, 2.75) is 25.0 Å². The largest absolute Gasteiger partial charge is 0.365 e. The topological polar surface area (TPSA) is 52.4 Å². The van der Waals surface area contributed by atoms with Gasteiger partial charge in [0.2, 0.25) is 0 Å². The summed E-state index contributed by atoms with van der Waals surface area (Å²) in [6.45, 7) is 5.61. The van der Waals surface area contributed by atoms with Gasteiger partial charge in [0.05, 0.1) is 12.2 Å². The zero-order valence-corrected chi connectivity index (χ0v) is 10.3. The quantitative estimate of drug-likeness (QED) is 0.457. The maximum atomic E-state index is 11.5. The molecule has 18 heavy (non-hydrogen) atoms. The lowest BCUT2D eigenvalue weighted by Crippen LogP contribution is -2.47. The predicted molar refractivity (Wildman–Crippen MR) is 67.8 cm³/mol. The van der Waals surface area contributed by atoms with Crippen LogP contribution in [0.5, 0.6) is 0 Å². The molecule has 0 aromatic heterocycles. The third-order valence-electron chi connectivity index (χ3n) is 3.45. The summed E-state index contributed by atoms with van der Waals surface area (Å²) < 4.78 is 5.64. The van der Waals surface area contributed by atoms with Crippen LogP contribution in [0.4, 0.5) is 0 Å². The first-order chi connectivity index (χ1) is 8.60. The molecule has 4 nitrogen and oxygen atoms in total. The molecular formula is C14H15NO3. The van der Waals surface area contributed by atoms with E-state index in [1.165, 1.54) is 0 Å². The van der Waals surface area contributed by atoms with Crippen molar-refractivity contribution in [1.82, 2.24) is 0 Å². The van der Waals surface area contributed by atoms with Crippen LogP contribution in [0.2, 0.25) is 0 Å². The second kappa shape index (κ2) is 4.77. The molecule has 1 fully saturated rings. The summed E-state index contributed by atoms with van der Waals surface area (Å²) in [5.41, 5.74) is 2.84. The van der Waals surface area contributed by atoms with Gasteiger partial charge in [-0.15, -0.1) is 5.73 Å². The summed E-state index contributed by atoms with van der Waals surface area (Å²) in [4.78, 5) is 11.2. The summed E-state index contributed by atoms with van der Waals surface area (Å²) in [7, 11) is 0. The van der Waals surface area contributed by atoms with Crippen molar-refractivity contribution in [3.05, 3.63) is 63.9 Å². The second-order valence-electron chi connectivity index (χ2n) is 4.47. The third kappa shape index (κ3) is 1.86. The van der Waals surface area contributed by atoms with Crippen LogP contribution in [0.1, 0.15) is 25.0 Å². The van der Waals surface area contributed by atoms with Gasteiger partial charge in [0.25, 0.3) is 5.54 Å². The minimum absolute atomic E-state index is 0.294. The monoisotopic (exact) mass is 245 g/mol. The fraction of sp³-hybridized carbons (Fsp3) is 0.357. The molecule has 0 amide bonds. The van der Waals surface area contributed by atoms with Gasteiger partial charge in [0, 0.05) is 18.3 Å². The molecule has 1 aromatic carbocycles. The van der Waals surface area contributed by atoms with E-state index >= 15 is 0 Å². The highest BCUT2D eigenvalue weighted by atomic mass is 16.6. The predicted octanol–water partition coefficient (Wildman–Crippen LogP) is 2.89. The molecule has 0 unspecified atom stereocenters. The van der Waals surface area contributed by atoms with Gasteiger partial charge in [-0.3, -0.25) is 10.1 Å². The fourth-order valence-corrected chi connectivity index (χ4v) is 2.37. The summed E-state index contributed by atoms with van der Waals surface area (Å²) >= 11 is 0. The van der Waals surface area contributed by atoms with E-state index in [2.05, 4.69) is 12.3 Å². The molecule has 94 valence electrons. The maximum Gasteiger partial charge on any atom is 0.277 e. The molecule has 0 bridgehead atoms. The highest BCUT2D eigenvalue weighted by Gasteiger charge is 2.53. The molecule has 1 aromatic rings. The van der Waals surface area contributed by atoms with E-state index in [-0.39, 0.29) is 4.92 Å². The summed E-state index contributed by atoms with van der Waals surface area (Å²) in [6, 6.07) is 9.27. The van der Waals surface area contributed by atoms with E-state index in [1.54, 1.807) is 6.92 Å². The normalized spacial score (nSPS) is 27.6. The van der Waals surface area contributed by atoms with Gasteiger partial charge in [-0.1, -0.05) is 36.9 Å². The Kier molecular flexibility index (Phi) is 3.32. The molecule has 0 saturated carbocycles. The highest BCUT2D eigenvalue weighted by molar-refractivity contribution is 5.28. The van der Waals surface area contributed by atoms with Crippen molar-refractivity contribution in [3.8, 4) is 0 Å². The molecule has 0 aliphatic carbocycles. The number of nitro groups is 1. The SMILES string of the molecule is C=C=C1CCO[C@H](c2ccccc2)[C@@]1(C)[N+](=O)[O-]. The van der Waals surface area contributed by atoms with E-state index in [9.17, 15) is 10.1 Å². The van der Waals surface area contributed by atoms with Crippen LogP contribution < -0.4 is 0 Å². The first-order valence-corrected chi connectivity index (χ1v) is 5.81. The molecular weight excluding hydrogens is 230 g/mol. The Hall–Kier alpha value is -1.90. The standard InChI is InChI=1S/C14H15NO3/c1-3-12-9-10-18-13(14(12,2)15(16)17)11-7-5-4-6-8-11/h4-8,13H,1,9-10H2,2H3/t13-,14+/m1/s1. The van der Waals surface area contributed by atoms with Crippen molar-refractivity contribution in [1.29, 1.82) is 0 Å². The summed E-state index contributed by atoms with van der Waals surface area (Å²) in [5.74, 6) is 0. The van der Waals surface area contributed by atoms with E-state index in [0.29, 0.717) is 18.6 Å². The van der Waals surface area contributed by atoms with Gasteiger partial charge in [0.15, 0.2) is 6.10 Å². The van der Waals surface area contributed by atoms with E-state index in [0.717, 1.165) is 5.56 Å². The molecule has 4 heteroatoms. The lowest BCUT2D eigenvalue weighted by Gasteiger charge is -2.35. The third-order valence-corrected chi connectivity index (χ3v) is 3.45. The molecule has 1 aliphatic rings. The highest BCUT2D eigenvalue weighted by Crippen LogP contribution is 2.41. The van der Waals surface area contributed by atoms with Crippen molar-refractivity contribution >= 4 is 0 Å². The van der Waals surface area contributed by atoms with Crippen LogP contribution in [0.3, 0.4) is 0 Å². The second-order valence-corrected chi connectivity index (χ2v) is 4.47. The first-order valence-electron chi connectivity index (χ1n) is 5.81. The van der Waals surface area contributed by atoms with E-state index < -0.39 is 11.6 Å². The van der Waals surface area contributed by atoms with Gasteiger partial charge in [-0.2, -0.15) is 0 Å². The average Bonchev–Trinajstić information content (AvgIpc) is 2.39. The molecule has 1 saturated heterocycles. The molecule has 2 rings (SSSR count). The van der Waals surface area contributed by atoms with Gasteiger partial charge in [-0.05, 0) is 5.56 Å². The number of hydrogen-bond donors (Lipinski definition) is 0. The Morgan fingerprint density at radius 1 is 1.50 bits per heavy atom. The summed E-state index contributed by atoms with van der Waals surface area (Å²) in [6.07, 6.45) is -0.0867. The fourth-order valence-electron chi connectivity index (χ4n) is 2.37. The van der Waals surface area contributed by atoms with Gasteiger partial charge in [0.1, 0.15) is 0 Å². The van der Waals surface area contributed by atoms with Crippen LogP contribution in [-0.4, -0.2) is 17.1 Å². The average molecular weight is 245 g/mol. The van der Waals surface area contributed by atoms with Crippen molar-refractivity contribution in [2.75, 3.05) is 6.61 Å². The lowest BCUT2D eigenvalue weighted by molar-refractivity contribution is -0.572. The molecule has 0 radical (unpaired) electrons. The number of nitrogens with zero attached hydrogens (tertiary/aromatic N) is 1. The minimum Gasteiger partial charge on any atom is -0.365 e. The van der Waals surface area contributed by atoms with Crippen molar-refractivity contribution in [3.63, 3.8) is 0 Å². The first kappa shape index (κ1) is 12.6. The Balaban J connectivity index is 2.51. The Bertz CT molecular complexity index is 505.